The molecular weight excluding hydrogens is 322 g/mol. The molecule has 0 aromatic heterocycles. The smallest absolute Gasteiger partial charge is 0.233 e. The van der Waals surface area contributed by atoms with E-state index in [2.05, 4.69) is 12.1 Å². The van der Waals surface area contributed by atoms with Gasteiger partial charge < -0.3 is 0 Å². The lowest BCUT2D eigenvalue weighted by atomic mass is 9.49. The molecule has 138 valence electrons. The average molecular weight is 351 g/mol. The predicted octanol–water partition coefficient (Wildman–Crippen LogP) is 4.21. The maximum atomic E-state index is 12.8. The van der Waals surface area contributed by atoms with Gasteiger partial charge in [-0.2, -0.15) is 0 Å². The minimum Gasteiger partial charge on any atom is -0.282 e. The summed E-state index contributed by atoms with van der Waals surface area (Å²) in [5.41, 5.74) is 1.59. The van der Waals surface area contributed by atoms with E-state index in [9.17, 15) is 9.59 Å². The SMILES string of the molecule is O=C1C[C@H](Cc2ccccc2)C(=O)N1CCC12CC3CC(CC(C3)C1)C2. The Balaban J connectivity index is 1.23. The Morgan fingerprint density at radius 3 is 2.15 bits per heavy atom. The van der Waals surface area contributed by atoms with Crippen LogP contribution in [0, 0.1) is 29.1 Å². The molecule has 1 aromatic carbocycles. The molecule has 0 radical (unpaired) electrons. The van der Waals surface area contributed by atoms with E-state index in [4.69, 9.17) is 0 Å². The minimum atomic E-state index is -0.152. The lowest BCUT2D eigenvalue weighted by Crippen LogP contribution is -2.47. The number of hydrogen-bond donors (Lipinski definition) is 0. The average Bonchev–Trinajstić information content (AvgIpc) is 2.86. The van der Waals surface area contributed by atoms with Crippen molar-refractivity contribution in [1.29, 1.82) is 0 Å². The molecule has 3 nitrogen and oxygen atoms in total. The third-order valence-electron chi connectivity index (χ3n) is 7.69. The molecule has 26 heavy (non-hydrogen) atoms. The summed E-state index contributed by atoms with van der Waals surface area (Å²) in [6.07, 6.45) is 10.5. The van der Waals surface area contributed by atoms with Gasteiger partial charge >= 0.3 is 0 Å². The Bertz CT molecular complexity index is 675. The van der Waals surface area contributed by atoms with Crippen molar-refractivity contribution in [2.24, 2.45) is 29.1 Å². The van der Waals surface area contributed by atoms with Crippen molar-refractivity contribution in [1.82, 2.24) is 4.90 Å². The van der Waals surface area contributed by atoms with Gasteiger partial charge in [-0.3, -0.25) is 14.5 Å². The highest BCUT2D eigenvalue weighted by molar-refractivity contribution is 6.03. The second kappa shape index (κ2) is 6.21. The number of carbonyl (C=O) groups is 2. The van der Waals surface area contributed by atoms with Crippen molar-refractivity contribution < 1.29 is 9.59 Å². The van der Waals surface area contributed by atoms with Crippen LogP contribution in [0.15, 0.2) is 30.3 Å². The summed E-state index contributed by atoms with van der Waals surface area (Å²) < 4.78 is 0. The number of nitrogens with zero attached hydrogens (tertiary/aromatic N) is 1. The zero-order valence-corrected chi connectivity index (χ0v) is 15.5. The van der Waals surface area contributed by atoms with Crippen LogP contribution in [0.2, 0.25) is 0 Å². The van der Waals surface area contributed by atoms with Gasteiger partial charge in [0.15, 0.2) is 0 Å². The predicted molar refractivity (Wildman–Crippen MR) is 100 cm³/mol. The van der Waals surface area contributed by atoms with Crippen molar-refractivity contribution in [2.45, 2.75) is 57.8 Å². The number of imide groups is 1. The van der Waals surface area contributed by atoms with Crippen LogP contribution >= 0.6 is 0 Å². The molecule has 4 aliphatic carbocycles. The quantitative estimate of drug-likeness (QED) is 0.745. The zero-order valence-electron chi connectivity index (χ0n) is 15.5. The number of hydrogen-bond acceptors (Lipinski definition) is 2. The standard InChI is InChI=1S/C23H29NO2/c25-21-12-20(11-16-4-2-1-3-5-16)22(26)24(21)7-6-23-13-17-8-18(14-23)10-19(9-17)15-23/h1-5,17-20H,6-15H2/t17?,18?,19?,20-,23?/m0/s1. The van der Waals surface area contributed by atoms with Gasteiger partial charge in [-0.15, -0.1) is 0 Å². The summed E-state index contributed by atoms with van der Waals surface area (Å²) in [5, 5.41) is 0. The fourth-order valence-electron chi connectivity index (χ4n) is 6.99. The molecule has 5 aliphatic rings. The van der Waals surface area contributed by atoms with Crippen molar-refractivity contribution in [3.8, 4) is 0 Å². The summed E-state index contributed by atoms with van der Waals surface area (Å²) in [4.78, 5) is 27.0. The van der Waals surface area contributed by atoms with Crippen LogP contribution in [0.25, 0.3) is 0 Å². The molecule has 1 atom stereocenters. The summed E-state index contributed by atoms with van der Waals surface area (Å²) in [7, 11) is 0. The van der Waals surface area contributed by atoms with Gasteiger partial charge in [0.2, 0.25) is 11.8 Å². The largest absolute Gasteiger partial charge is 0.282 e. The molecule has 4 saturated carbocycles. The van der Waals surface area contributed by atoms with E-state index in [0.29, 0.717) is 24.8 Å². The van der Waals surface area contributed by atoms with E-state index in [1.807, 2.05) is 18.2 Å². The van der Waals surface area contributed by atoms with Gasteiger partial charge in [-0.25, -0.2) is 0 Å². The first-order valence-corrected chi connectivity index (χ1v) is 10.5. The number of benzene rings is 1. The van der Waals surface area contributed by atoms with Gasteiger partial charge in [0.1, 0.15) is 0 Å². The second-order valence-corrected chi connectivity index (χ2v) is 9.64. The molecule has 4 bridgehead atoms. The number of carbonyl (C=O) groups excluding carboxylic acids is 2. The second-order valence-electron chi connectivity index (χ2n) is 9.64. The first kappa shape index (κ1) is 16.5. The lowest BCUT2D eigenvalue weighted by molar-refractivity contribution is -0.140. The van der Waals surface area contributed by atoms with Crippen molar-refractivity contribution in [3.05, 3.63) is 35.9 Å². The molecule has 5 fully saturated rings. The zero-order chi connectivity index (χ0) is 17.7. The topological polar surface area (TPSA) is 37.4 Å². The minimum absolute atomic E-state index is 0.0562. The van der Waals surface area contributed by atoms with Gasteiger partial charge in [-0.05, 0) is 80.1 Å². The third-order valence-corrected chi connectivity index (χ3v) is 7.69. The van der Waals surface area contributed by atoms with Crippen LogP contribution < -0.4 is 0 Å². The normalized spacial score (nSPS) is 38.4. The summed E-state index contributed by atoms with van der Waals surface area (Å²) in [6.45, 7) is 0.662. The van der Waals surface area contributed by atoms with Gasteiger partial charge in [-0.1, -0.05) is 30.3 Å². The molecule has 1 heterocycles. The maximum absolute atomic E-state index is 12.8. The van der Waals surface area contributed by atoms with E-state index in [-0.39, 0.29) is 17.7 Å². The molecule has 3 heteroatoms. The fraction of sp³-hybridized carbons (Fsp3) is 0.652. The Morgan fingerprint density at radius 2 is 1.54 bits per heavy atom. The highest BCUT2D eigenvalue weighted by Crippen LogP contribution is 2.61. The van der Waals surface area contributed by atoms with Crippen LogP contribution in [0.3, 0.4) is 0 Å². The number of rotatable bonds is 5. The molecule has 1 aliphatic heterocycles. The van der Waals surface area contributed by atoms with Crippen LogP contribution in [-0.2, 0) is 16.0 Å². The van der Waals surface area contributed by atoms with E-state index >= 15 is 0 Å². The summed E-state index contributed by atoms with van der Waals surface area (Å²) in [5.74, 6) is 2.76. The number of likely N-dealkylation sites (tertiary alicyclic amines) is 1. The number of amides is 2. The molecule has 6 rings (SSSR count). The van der Waals surface area contributed by atoms with Crippen LogP contribution in [0.1, 0.15) is 56.9 Å². The molecule has 0 unspecified atom stereocenters. The van der Waals surface area contributed by atoms with Gasteiger partial charge in [0.25, 0.3) is 0 Å². The monoisotopic (exact) mass is 351 g/mol. The highest BCUT2D eigenvalue weighted by Gasteiger charge is 2.51. The third kappa shape index (κ3) is 2.90. The summed E-state index contributed by atoms with van der Waals surface area (Å²) in [6, 6.07) is 10.1. The van der Waals surface area contributed by atoms with Crippen LogP contribution in [0.4, 0.5) is 0 Å². The summed E-state index contributed by atoms with van der Waals surface area (Å²) >= 11 is 0. The van der Waals surface area contributed by atoms with Crippen LogP contribution in [-0.4, -0.2) is 23.3 Å². The van der Waals surface area contributed by atoms with Crippen molar-refractivity contribution in [3.63, 3.8) is 0 Å². The van der Waals surface area contributed by atoms with E-state index in [1.54, 1.807) is 4.90 Å². The first-order chi connectivity index (χ1) is 12.6. The highest BCUT2D eigenvalue weighted by atomic mass is 16.2. The van der Waals surface area contributed by atoms with E-state index < -0.39 is 0 Å². The Hall–Kier alpha value is -1.64. The van der Waals surface area contributed by atoms with Crippen molar-refractivity contribution in [2.75, 3.05) is 6.54 Å². The molecule has 0 spiro atoms. The lowest BCUT2D eigenvalue weighted by Gasteiger charge is -2.57. The Labute approximate surface area is 156 Å². The fourth-order valence-corrected chi connectivity index (χ4v) is 6.99. The molecular formula is C23H29NO2. The first-order valence-electron chi connectivity index (χ1n) is 10.5. The molecule has 2 amide bonds. The van der Waals surface area contributed by atoms with E-state index in [1.165, 1.54) is 38.5 Å². The van der Waals surface area contributed by atoms with Crippen molar-refractivity contribution >= 4 is 11.8 Å². The Morgan fingerprint density at radius 1 is 0.923 bits per heavy atom. The maximum Gasteiger partial charge on any atom is 0.233 e. The van der Waals surface area contributed by atoms with E-state index in [0.717, 1.165) is 29.7 Å². The van der Waals surface area contributed by atoms with Gasteiger partial charge in [0, 0.05) is 13.0 Å². The van der Waals surface area contributed by atoms with Crippen LogP contribution in [0.5, 0.6) is 0 Å². The molecule has 1 saturated heterocycles. The molecule has 0 N–H and O–H groups in total. The molecule has 1 aromatic rings. The van der Waals surface area contributed by atoms with Gasteiger partial charge in [0.05, 0.1) is 5.92 Å². The Kier molecular flexibility index (Phi) is 3.95.